The number of methoxy groups -OCH3 is 3. The van der Waals surface area contributed by atoms with E-state index >= 15 is 0 Å². The quantitative estimate of drug-likeness (QED) is 0.865. The Morgan fingerprint density at radius 2 is 1.58 bits per heavy atom. The fourth-order valence-electron chi connectivity index (χ4n) is 1.77. The van der Waals surface area contributed by atoms with Crippen LogP contribution in [0.3, 0.4) is 0 Å². The second kappa shape index (κ2) is 5.66. The number of rotatable bonds is 3. The van der Waals surface area contributed by atoms with E-state index in [1.165, 1.54) is 27.4 Å². The SMILES string of the molecule is COc1cc2c(=O)[nH]c(=O)[nH]c2c(OC)c1OC.Cl. The number of fused-ring (bicyclic) bond motifs is 1. The van der Waals surface area contributed by atoms with E-state index in [-0.39, 0.29) is 29.1 Å². The van der Waals surface area contributed by atoms with Crippen LogP contribution >= 0.6 is 12.4 Å². The van der Waals surface area contributed by atoms with E-state index in [2.05, 4.69) is 9.97 Å². The van der Waals surface area contributed by atoms with E-state index in [4.69, 9.17) is 14.2 Å². The molecule has 2 rings (SSSR count). The predicted octanol–water partition coefficient (Wildman–Crippen LogP) is 0.664. The summed E-state index contributed by atoms with van der Waals surface area (Å²) in [6, 6.07) is 1.48. The van der Waals surface area contributed by atoms with E-state index in [1.807, 2.05) is 0 Å². The molecule has 0 saturated carbocycles. The Balaban J connectivity index is 0.00000180. The van der Waals surface area contributed by atoms with Crippen LogP contribution in [0.15, 0.2) is 15.7 Å². The third-order valence-corrected chi connectivity index (χ3v) is 2.54. The molecule has 0 radical (unpaired) electrons. The normalized spacial score (nSPS) is 9.84. The van der Waals surface area contributed by atoms with Crippen molar-refractivity contribution in [1.82, 2.24) is 9.97 Å². The highest BCUT2D eigenvalue weighted by atomic mass is 35.5. The lowest BCUT2D eigenvalue weighted by Crippen LogP contribution is -2.22. The van der Waals surface area contributed by atoms with Crippen molar-refractivity contribution in [2.75, 3.05) is 21.3 Å². The largest absolute Gasteiger partial charge is 0.493 e. The molecule has 1 heterocycles. The molecule has 0 amide bonds. The topological polar surface area (TPSA) is 93.4 Å². The summed E-state index contributed by atoms with van der Waals surface area (Å²) >= 11 is 0. The summed E-state index contributed by atoms with van der Waals surface area (Å²) < 4.78 is 15.5. The average molecular weight is 289 g/mol. The maximum absolute atomic E-state index is 11.7. The maximum atomic E-state index is 11.7. The van der Waals surface area contributed by atoms with Gasteiger partial charge in [-0.2, -0.15) is 0 Å². The minimum Gasteiger partial charge on any atom is -0.493 e. The Hall–Kier alpha value is -2.15. The van der Waals surface area contributed by atoms with Crippen molar-refractivity contribution < 1.29 is 14.2 Å². The van der Waals surface area contributed by atoms with E-state index in [9.17, 15) is 9.59 Å². The van der Waals surface area contributed by atoms with Gasteiger partial charge in [-0.25, -0.2) is 4.79 Å². The van der Waals surface area contributed by atoms with Crippen LogP contribution in [0.4, 0.5) is 0 Å². The standard InChI is InChI=1S/C11H12N2O5.ClH/c1-16-6-4-5-7(9(18-3)8(6)17-2)12-11(15)13-10(5)14;/h4H,1-3H3,(H2,12,13,14,15);1H. The lowest BCUT2D eigenvalue weighted by molar-refractivity contribution is 0.326. The van der Waals surface area contributed by atoms with Crippen molar-refractivity contribution in [2.24, 2.45) is 0 Å². The second-order valence-electron chi connectivity index (χ2n) is 3.48. The summed E-state index contributed by atoms with van der Waals surface area (Å²) in [7, 11) is 4.30. The molecule has 2 N–H and O–H groups in total. The first kappa shape index (κ1) is 14.9. The monoisotopic (exact) mass is 288 g/mol. The van der Waals surface area contributed by atoms with Crippen LogP contribution in [0.25, 0.3) is 10.9 Å². The fourth-order valence-corrected chi connectivity index (χ4v) is 1.77. The van der Waals surface area contributed by atoms with E-state index in [0.29, 0.717) is 11.5 Å². The Morgan fingerprint density at radius 3 is 2.11 bits per heavy atom. The molecule has 8 heteroatoms. The van der Waals surface area contributed by atoms with Crippen molar-refractivity contribution in [1.29, 1.82) is 0 Å². The van der Waals surface area contributed by atoms with Gasteiger partial charge in [-0.1, -0.05) is 0 Å². The van der Waals surface area contributed by atoms with Crippen LogP contribution in [-0.4, -0.2) is 31.3 Å². The third kappa shape index (κ3) is 2.37. The molecule has 1 aromatic heterocycles. The van der Waals surface area contributed by atoms with Crippen LogP contribution in [0, 0.1) is 0 Å². The van der Waals surface area contributed by atoms with Crippen molar-refractivity contribution in [3.63, 3.8) is 0 Å². The number of H-pyrrole nitrogens is 2. The molecule has 0 aliphatic carbocycles. The Kier molecular flexibility index (Phi) is 4.44. The molecule has 0 spiro atoms. The van der Waals surface area contributed by atoms with Crippen molar-refractivity contribution in [3.8, 4) is 17.2 Å². The van der Waals surface area contributed by atoms with Crippen molar-refractivity contribution >= 4 is 23.3 Å². The van der Waals surface area contributed by atoms with Gasteiger partial charge < -0.3 is 19.2 Å². The highest BCUT2D eigenvalue weighted by molar-refractivity contribution is 5.89. The highest BCUT2D eigenvalue weighted by Gasteiger charge is 2.18. The van der Waals surface area contributed by atoms with Crippen LogP contribution in [-0.2, 0) is 0 Å². The van der Waals surface area contributed by atoms with Gasteiger partial charge in [0.2, 0.25) is 5.75 Å². The number of aromatic nitrogens is 2. The van der Waals surface area contributed by atoms with Gasteiger partial charge in [-0.15, -0.1) is 12.4 Å². The molecule has 0 bridgehead atoms. The summed E-state index contributed by atoms with van der Waals surface area (Å²) in [6.45, 7) is 0. The molecule has 0 saturated heterocycles. The average Bonchev–Trinajstić information content (AvgIpc) is 2.36. The number of hydrogen-bond acceptors (Lipinski definition) is 5. The lowest BCUT2D eigenvalue weighted by Gasteiger charge is -2.13. The number of nitrogens with one attached hydrogen (secondary N) is 2. The Bertz CT molecular complexity index is 707. The Labute approximate surface area is 113 Å². The van der Waals surface area contributed by atoms with Gasteiger partial charge in [0.15, 0.2) is 11.5 Å². The summed E-state index contributed by atoms with van der Waals surface area (Å²) in [5.74, 6) is 0.906. The van der Waals surface area contributed by atoms with Gasteiger partial charge in [0.25, 0.3) is 5.56 Å². The van der Waals surface area contributed by atoms with Crippen molar-refractivity contribution in [3.05, 3.63) is 26.9 Å². The van der Waals surface area contributed by atoms with E-state index < -0.39 is 11.2 Å². The third-order valence-electron chi connectivity index (χ3n) is 2.54. The van der Waals surface area contributed by atoms with E-state index in [1.54, 1.807) is 0 Å². The molecule has 0 aliphatic rings. The lowest BCUT2D eigenvalue weighted by atomic mass is 10.2. The molecule has 19 heavy (non-hydrogen) atoms. The van der Waals surface area contributed by atoms with Gasteiger partial charge in [-0.05, 0) is 6.07 Å². The number of halogens is 1. The zero-order valence-electron chi connectivity index (χ0n) is 10.5. The summed E-state index contributed by atoms with van der Waals surface area (Å²) in [4.78, 5) is 27.6. The molecule has 0 atom stereocenters. The number of hydrogen-bond donors (Lipinski definition) is 2. The smallest absolute Gasteiger partial charge is 0.326 e. The molecular formula is C11H13ClN2O5. The van der Waals surface area contributed by atoms with Gasteiger partial charge in [0.1, 0.15) is 5.52 Å². The van der Waals surface area contributed by atoms with Crippen molar-refractivity contribution in [2.45, 2.75) is 0 Å². The molecular weight excluding hydrogens is 276 g/mol. The zero-order valence-corrected chi connectivity index (χ0v) is 11.3. The molecule has 2 aromatic rings. The molecule has 0 unspecified atom stereocenters. The number of aromatic amines is 2. The predicted molar refractivity (Wildman–Crippen MR) is 72.1 cm³/mol. The minimum absolute atomic E-state index is 0. The van der Waals surface area contributed by atoms with Gasteiger partial charge in [-0.3, -0.25) is 9.78 Å². The first-order chi connectivity index (χ1) is 8.62. The maximum Gasteiger partial charge on any atom is 0.326 e. The van der Waals surface area contributed by atoms with Crippen LogP contribution in [0.1, 0.15) is 0 Å². The minimum atomic E-state index is -0.613. The van der Waals surface area contributed by atoms with Gasteiger partial charge in [0.05, 0.1) is 26.7 Å². The Morgan fingerprint density at radius 1 is 0.947 bits per heavy atom. The van der Waals surface area contributed by atoms with Gasteiger partial charge >= 0.3 is 5.69 Å². The molecule has 0 fully saturated rings. The summed E-state index contributed by atoms with van der Waals surface area (Å²) in [6.07, 6.45) is 0. The van der Waals surface area contributed by atoms with Crippen LogP contribution in [0.5, 0.6) is 17.2 Å². The molecule has 104 valence electrons. The van der Waals surface area contributed by atoms with Crippen LogP contribution < -0.4 is 25.5 Å². The zero-order chi connectivity index (χ0) is 13.3. The molecule has 0 aliphatic heterocycles. The summed E-state index contributed by atoms with van der Waals surface area (Å²) in [5.41, 5.74) is -0.866. The first-order valence-electron chi connectivity index (χ1n) is 5.07. The van der Waals surface area contributed by atoms with Crippen LogP contribution in [0.2, 0.25) is 0 Å². The van der Waals surface area contributed by atoms with Gasteiger partial charge in [0, 0.05) is 0 Å². The molecule has 7 nitrogen and oxygen atoms in total. The fraction of sp³-hybridized carbons (Fsp3) is 0.273. The molecule has 1 aromatic carbocycles. The second-order valence-corrected chi connectivity index (χ2v) is 3.48. The highest BCUT2D eigenvalue weighted by Crippen LogP contribution is 2.40. The number of benzene rings is 1. The number of ether oxygens (including phenoxy) is 3. The first-order valence-corrected chi connectivity index (χ1v) is 5.07. The van der Waals surface area contributed by atoms with E-state index in [0.717, 1.165) is 0 Å². The summed E-state index contributed by atoms with van der Waals surface area (Å²) in [5, 5.41) is 0.254.